The number of carbonyl (C=O) groups is 1. The highest BCUT2D eigenvalue weighted by molar-refractivity contribution is 7.89. The molecule has 2 aliphatic heterocycles. The van der Waals surface area contributed by atoms with Crippen LogP contribution in [-0.4, -0.2) is 72.2 Å². The largest absolute Gasteiger partial charge is 0.484 e. The number of benzene rings is 1. The third kappa shape index (κ3) is 3.74. The maximum Gasteiger partial charge on any atom is 0.260 e. The van der Waals surface area contributed by atoms with E-state index in [9.17, 15) is 13.2 Å². The van der Waals surface area contributed by atoms with Gasteiger partial charge in [-0.05, 0) is 26.0 Å². The van der Waals surface area contributed by atoms with Crippen molar-refractivity contribution in [2.75, 3.05) is 38.5 Å². The number of hydrogen-bond acceptors (Lipinski definition) is 7. The third-order valence-electron chi connectivity index (χ3n) is 5.69. The smallest absolute Gasteiger partial charge is 0.260 e. The van der Waals surface area contributed by atoms with Crippen LogP contribution in [0.4, 0.5) is 0 Å². The van der Waals surface area contributed by atoms with Gasteiger partial charge in [0, 0.05) is 31.6 Å². The van der Waals surface area contributed by atoms with Crippen LogP contribution in [0.5, 0.6) is 5.75 Å². The number of sulfonamides is 1. The van der Waals surface area contributed by atoms with Crippen molar-refractivity contribution in [2.45, 2.75) is 19.8 Å². The molecule has 0 saturated carbocycles. The van der Waals surface area contributed by atoms with Crippen LogP contribution in [-0.2, 0) is 14.8 Å². The zero-order chi connectivity index (χ0) is 20.6. The number of likely N-dealkylation sites (tertiary alicyclic amines) is 1. The van der Waals surface area contributed by atoms with Gasteiger partial charge in [0.05, 0.1) is 11.7 Å². The molecule has 3 heterocycles. The topological polar surface area (TPSA) is 106 Å². The number of amides is 1. The van der Waals surface area contributed by atoms with E-state index in [4.69, 9.17) is 9.26 Å². The Hall–Kier alpha value is -2.46. The van der Waals surface area contributed by atoms with Crippen LogP contribution in [0.15, 0.2) is 34.9 Å². The second-order valence-electron chi connectivity index (χ2n) is 7.64. The zero-order valence-electron chi connectivity index (χ0n) is 16.4. The van der Waals surface area contributed by atoms with Gasteiger partial charge in [-0.1, -0.05) is 23.4 Å². The van der Waals surface area contributed by atoms with Gasteiger partial charge in [-0.2, -0.15) is 4.98 Å². The van der Waals surface area contributed by atoms with Crippen LogP contribution in [0, 0.1) is 12.3 Å². The Bertz CT molecular complexity index is 985. The summed E-state index contributed by atoms with van der Waals surface area (Å²) < 4.78 is 37.3. The van der Waals surface area contributed by atoms with E-state index >= 15 is 0 Å². The van der Waals surface area contributed by atoms with Gasteiger partial charge in [0.15, 0.2) is 12.4 Å². The van der Waals surface area contributed by atoms with Gasteiger partial charge in [-0.15, -0.1) is 0 Å². The number of carbonyl (C=O) groups excluding carboxylic acids is 1. The number of aromatic nitrogens is 2. The minimum absolute atomic E-state index is 0.0339. The van der Waals surface area contributed by atoms with Gasteiger partial charge >= 0.3 is 0 Å². The molecule has 1 aromatic carbocycles. The zero-order valence-corrected chi connectivity index (χ0v) is 17.3. The predicted molar refractivity (Wildman–Crippen MR) is 104 cm³/mol. The lowest BCUT2D eigenvalue weighted by molar-refractivity contribution is -0.145. The minimum Gasteiger partial charge on any atom is -0.484 e. The molecule has 4 rings (SSSR count). The molecule has 1 unspecified atom stereocenters. The Morgan fingerprint density at radius 2 is 2.00 bits per heavy atom. The molecular formula is C19H24N4O5S. The Kier molecular flexibility index (Phi) is 5.07. The fraction of sp³-hybridized carbons (Fsp3) is 0.526. The fourth-order valence-corrected chi connectivity index (χ4v) is 5.27. The summed E-state index contributed by atoms with van der Waals surface area (Å²) in [6, 6.07) is 9.16. The first-order valence-electron chi connectivity index (χ1n) is 9.57. The van der Waals surface area contributed by atoms with Gasteiger partial charge in [0.25, 0.3) is 5.91 Å². The Balaban J connectivity index is 1.46. The number of nitrogens with zero attached hydrogens (tertiary/aromatic N) is 4. The van der Waals surface area contributed by atoms with Gasteiger partial charge in [-0.3, -0.25) is 4.79 Å². The third-order valence-corrected chi connectivity index (χ3v) is 7.48. The van der Waals surface area contributed by atoms with E-state index in [-0.39, 0.29) is 24.2 Å². The molecule has 1 atom stereocenters. The van der Waals surface area contributed by atoms with E-state index in [1.807, 2.05) is 18.2 Å². The quantitative estimate of drug-likeness (QED) is 0.687. The standard InChI is InChI=1S/C19H24N4O5S/c1-3-29(25,26)23-9-16(18-20-14(2)21-28-18)19(13-23)11-22(12-19)17(24)10-27-15-7-5-4-6-8-15/h4-8,16H,3,9-13H2,1-2H3. The van der Waals surface area contributed by atoms with Gasteiger partial charge in [-0.25, -0.2) is 12.7 Å². The maximum atomic E-state index is 12.5. The molecule has 2 fully saturated rings. The van der Waals surface area contributed by atoms with Crippen molar-refractivity contribution in [1.82, 2.24) is 19.3 Å². The summed E-state index contributed by atoms with van der Waals surface area (Å²) >= 11 is 0. The van der Waals surface area contributed by atoms with Crippen LogP contribution in [0.3, 0.4) is 0 Å². The molecule has 0 N–H and O–H groups in total. The molecule has 1 amide bonds. The van der Waals surface area contributed by atoms with E-state index in [0.717, 1.165) is 0 Å². The van der Waals surface area contributed by atoms with Gasteiger partial charge < -0.3 is 14.2 Å². The minimum atomic E-state index is -3.35. The molecule has 2 saturated heterocycles. The molecule has 10 heteroatoms. The van der Waals surface area contributed by atoms with E-state index in [0.29, 0.717) is 43.6 Å². The highest BCUT2D eigenvalue weighted by Crippen LogP contribution is 2.49. The summed E-state index contributed by atoms with van der Waals surface area (Å²) in [7, 11) is -3.35. The van der Waals surface area contributed by atoms with E-state index in [1.165, 1.54) is 4.31 Å². The highest BCUT2D eigenvalue weighted by Gasteiger charge is 2.59. The number of para-hydroxylation sites is 1. The summed E-state index contributed by atoms with van der Waals surface area (Å²) in [6.45, 7) is 4.81. The Labute approximate surface area is 169 Å². The first kappa shape index (κ1) is 19.8. The summed E-state index contributed by atoms with van der Waals surface area (Å²) in [5.74, 6) is 1.25. The lowest BCUT2D eigenvalue weighted by Gasteiger charge is -2.50. The van der Waals surface area contributed by atoms with Crippen molar-refractivity contribution in [3.05, 3.63) is 42.0 Å². The molecule has 1 aromatic heterocycles. The van der Waals surface area contributed by atoms with Crippen molar-refractivity contribution in [3.8, 4) is 5.75 Å². The number of hydrogen-bond donors (Lipinski definition) is 0. The second kappa shape index (κ2) is 7.42. The highest BCUT2D eigenvalue weighted by atomic mass is 32.2. The average Bonchev–Trinajstić information content (AvgIpc) is 3.30. The van der Waals surface area contributed by atoms with E-state index in [2.05, 4.69) is 10.1 Å². The molecule has 29 heavy (non-hydrogen) atoms. The predicted octanol–water partition coefficient (Wildman–Crippen LogP) is 1.03. The normalized spacial score (nSPS) is 21.3. The molecule has 2 aromatic rings. The molecule has 0 aliphatic carbocycles. The average molecular weight is 420 g/mol. The van der Waals surface area contributed by atoms with Crippen molar-refractivity contribution in [2.24, 2.45) is 5.41 Å². The van der Waals surface area contributed by atoms with Crippen LogP contribution in [0.25, 0.3) is 0 Å². The molecule has 0 radical (unpaired) electrons. The monoisotopic (exact) mass is 420 g/mol. The van der Waals surface area contributed by atoms with Gasteiger partial charge in [0.2, 0.25) is 15.9 Å². The van der Waals surface area contributed by atoms with Crippen molar-refractivity contribution >= 4 is 15.9 Å². The molecule has 2 aliphatic rings. The number of rotatable bonds is 6. The molecule has 1 spiro atoms. The fourth-order valence-electron chi connectivity index (χ4n) is 4.08. The first-order valence-corrected chi connectivity index (χ1v) is 11.2. The van der Waals surface area contributed by atoms with Crippen molar-refractivity contribution < 1.29 is 22.5 Å². The molecule has 156 valence electrons. The van der Waals surface area contributed by atoms with Crippen molar-refractivity contribution in [3.63, 3.8) is 0 Å². The summed E-state index contributed by atoms with van der Waals surface area (Å²) in [5.41, 5.74) is -0.413. The van der Waals surface area contributed by atoms with Crippen LogP contribution in [0.1, 0.15) is 24.6 Å². The first-order chi connectivity index (χ1) is 13.8. The van der Waals surface area contributed by atoms with Crippen LogP contribution < -0.4 is 4.74 Å². The van der Waals surface area contributed by atoms with Crippen molar-refractivity contribution in [1.29, 1.82) is 0 Å². The van der Waals surface area contributed by atoms with E-state index < -0.39 is 15.4 Å². The SMILES string of the molecule is CCS(=O)(=O)N1CC(c2nc(C)no2)C2(CN(C(=O)COc3ccccc3)C2)C1. The number of aryl methyl sites for hydroxylation is 1. The molecule has 9 nitrogen and oxygen atoms in total. The molecule has 0 bridgehead atoms. The second-order valence-corrected chi connectivity index (χ2v) is 9.90. The Morgan fingerprint density at radius 3 is 2.62 bits per heavy atom. The Morgan fingerprint density at radius 1 is 1.28 bits per heavy atom. The summed E-state index contributed by atoms with van der Waals surface area (Å²) in [4.78, 5) is 18.6. The van der Waals surface area contributed by atoms with Gasteiger partial charge in [0.1, 0.15) is 5.75 Å². The summed E-state index contributed by atoms with van der Waals surface area (Å²) in [5, 5.41) is 3.86. The summed E-state index contributed by atoms with van der Waals surface area (Å²) in [6.07, 6.45) is 0. The van der Waals surface area contributed by atoms with E-state index in [1.54, 1.807) is 30.9 Å². The van der Waals surface area contributed by atoms with Crippen LogP contribution >= 0.6 is 0 Å². The maximum absolute atomic E-state index is 12.5. The number of ether oxygens (including phenoxy) is 1. The molecular weight excluding hydrogens is 396 g/mol. The lowest BCUT2D eigenvalue weighted by atomic mass is 9.71. The lowest BCUT2D eigenvalue weighted by Crippen LogP contribution is -2.62. The van der Waals surface area contributed by atoms with Crippen LogP contribution in [0.2, 0.25) is 0 Å².